The first-order chi connectivity index (χ1) is 6.83. The lowest BCUT2D eigenvalue weighted by atomic mass is 10.3. The van der Waals surface area contributed by atoms with Crippen molar-refractivity contribution in [1.29, 1.82) is 0 Å². The van der Waals surface area contributed by atoms with Gasteiger partial charge >= 0.3 is 0 Å². The van der Waals surface area contributed by atoms with Crippen LogP contribution in [0, 0.1) is 0 Å². The zero-order chi connectivity index (χ0) is 9.97. The van der Waals surface area contributed by atoms with Gasteiger partial charge in [0.15, 0.2) is 6.23 Å². The summed E-state index contributed by atoms with van der Waals surface area (Å²) in [6, 6.07) is 3.83. The first-order valence-electron chi connectivity index (χ1n) is 4.32. The topological polar surface area (TPSA) is 44.1 Å². The van der Waals surface area contributed by atoms with Gasteiger partial charge in [-0.05, 0) is 19.1 Å². The molecule has 0 spiro atoms. The van der Waals surface area contributed by atoms with E-state index in [1.807, 2.05) is 29.8 Å². The minimum atomic E-state index is -0.285. The molecule has 2 aromatic heterocycles. The average molecular weight is 190 g/mol. The molecule has 0 amide bonds. The molecule has 0 aromatic carbocycles. The molecule has 0 saturated heterocycles. The van der Waals surface area contributed by atoms with Crippen molar-refractivity contribution in [3.8, 4) is 0 Å². The van der Waals surface area contributed by atoms with Gasteiger partial charge in [0.25, 0.3) is 6.47 Å². The first-order valence-corrected chi connectivity index (χ1v) is 4.32. The Morgan fingerprint density at radius 3 is 3.21 bits per heavy atom. The molecule has 1 atom stereocenters. The number of aromatic nitrogens is 2. The highest BCUT2D eigenvalue weighted by Gasteiger charge is 2.07. The smallest absolute Gasteiger partial charge is 0.295 e. The van der Waals surface area contributed by atoms with E-state index >= 15 is 0 Å². The number of hydrogen-bond donors (Lipinski definition) is 0. The van der Waals surface area contributed by atoms with Crippen LogP contribution in [0.5, 0.6) is 0 Å². The summed E-state index contributed by atoms with van der Waals surface area (Å²) in [5.74, 6) is 0. The molecular weight excluding hydrogens is 180 g/mol. The van der Waals surface area contributed by atoms with E-state index in [4.69, 9.17) is 4.74 Å². The van der Waals surface area contributed by atoms with Gasteiger partial charge in [0, 0.05) is 24.0 Å². The lowest BCUT2D eigenvalue weighted by Gasteiger charge is -2.12. The molecule has 2 rings (SSSR count). The molecule has 0 aliphatic heterocycles. The van der Waals surface area contributed by atoms with Gasteiger partial charge in [-0.25, -0.2) is 0 Å². The summed E-state index contributed by atoms with van der Waals surface area (Å²) in [6.07, 6.45) is 5.08. The highest BCUT2D eigenvalue weighted by molar-refractivity contribution is 5.78. The lowest BCUT2D eigenvalue weighted by molar-refractivity contribution is -0.136. The third-order valence-electron chi connectivity index (χ3n) is 2.16. The van der Waals surface area contributed by atoms with Crippen molar-refractivity contribution in [1.82, 2.24) is 9.55 Å². The fourth-order valence-electron chi connectivity index (χ4n) is 1.47. The Balaban J connectivity index is 2.47. The number of ether oxygens (including phenoxy) is 1. The predicted molar refractivity (Wildman–Crippen MR) is 51.6 cm³/mol. The minimum absolute atomic E-state index is 0.285. The fourth-order valence-corrected chi connectivity index (χ4v) is 1.47. The van der Waals surface area contributed by atoms with Crippen LogP contribution in [-0.4, -0.2) is 16.0 Å². The number of hydrogen-bond acceptors (Lipinski definition) is 3. The van der Waals surface area contributed by atoms with Gasteiger partial charge in [-0.15, -0.1) is 0 Å². The Labute approximate surface area is 81.1 Å². The average Bonchev–Trinajstić information content (AvgIpc) is 2.61. The van der Waals surface area contributed by atoms with Gasteiger partial charge < -0.3 is 9.30 Å². The molecule has 0 bridgehead atoms. The van der Waals surface area contributed by atoms with Crippen LogP contribution in [-0.2, 0) is 9.53 Å². The number of carbonyl (C=O) groups is 1. The number of pyridine rings is 1. The van der Waals surface area contributed by atoms with Crippen molar-refractivity contribution in [2.45, 2.75) is 13.2 Å². The Morgan fingerprint density at radius 1 is 1.57 bits per heavy atom. The summed E-state index contributed by atoms with van der Waals surface area (Å²) in [4.78, 5) is 14.2. The number of rotatable bonds is 3. The van der Waals surface area contributed by atoms with Crippen molar-refractivity contribution in [3.05, 3.63) is 30.7 Å². The maximum Gasteiger partial charge on any atom is 0.295 e. The van der Waals surface area contributed by atoms with Crippen LogP contribution in [0.15, 0.2) is 30.7 Å². The van der Waals surface area contributed by atoms with E-state index in [0.29, 0.717) is 6.47 Å². The summed E-state index contributed by atoms with van der Waals surface area (Å²) < 4.78 is 6.74. The molecule has 0 N–H and O–H groups in total. The maximum atomic E-state index is 10.2. The van der Waals surface area contributed by atoms with Crippen molar-refractivity contribution in [2.75, 3.05) is 0 Å². The Morgan fingerprint density at radius 2 is 2.43 bits per heavy atom. The van der Waals surface area contributed by atoms with Crippen molar-refractivity contribution >= 4 is 17.4 Å². The number of nitrogens with zero attached hydrogens (tertiary/aromatic N) is 2. The number of fused-ring (bicyclic) bond motifs is 1. The van der Waals surface area contributed by atoms with E-state index in [0.717, 1.165) is 10.9 Å². The van der Waals surface area contributed by atoms with Crippen LogP contribution in [0.2, 0.25) is 0 Å². The Hall–Kier alpha value is -1.84. The van der Waals surface area contributed by atoms with Crippen molar-refractivity contribution in [3.63, 3.8) is 0 Å². The monoisotopic (exact) mass is 190 g/mol. The van der Waals surface area contributed by atoms with Gasteiger partial charge in [-0.3, -0.25) is 9.78 Å². The lowest BCUT2D eigenvalue weighted by Crippen LogP contribution is -2.06. The molecule has 4 heteroatoms. The second-order valence-electron chi connectivity index (χ2n) is 2.99. The minimum Gasteiger partial charge on any atom is -0.444 e. The second kappa shape index (κ2) is 3.49. The van der Waals surface area contributed by atoms with Crippen LogP contribution in [0.3, 0.4) is 0 Å². The Kier molecular flexibility index (Phi) is 2.18. The Bertz CT molecular complexity index is 450. The zero-order valence-electron chi connectivity index (χ0n) is 7.75. The molecule has 4 nitrogen and oxygen atoms in total. The van der Waals surface area contributed by atoms with Gasteiger partial charge in [0.1, 0.15) is 0 Å². The van der Waals surface area contributed by atoms with Crippen molar-refractivity contribution < 1.29 is 9.53 Å². The molecule has 72 valence electrons. The van der Waals surface area contributed by atoms with E-state index in [1.54, 1.807) is 12.4 Å². The van der Waals surface area contributed by atoms with Crippen molar-refractivity contribution in [2.24, 2.45) is 0 Å². The number of carbonyl (C=O) groups excluding carboxylic acids is 1. The van der Waals surface area contributed by atoms with Crippen LogP contribution in [0.25, 0.3) is 10.9 Å². The summed E-state index contributed by atoms with van der Waals surface area (Å²) >= 11 is 0. The third kappa shape index (κ3) is 1.35. The largest absolute Gasteiger partial charge is 0.444 e. The molecule has 0 radical (unpaired) electrons. The molecule has 1 unspecified atom stereocenters. The normalized spacial score (nSPS) is 12.6. The molecule has 14 heavy (non-hydrogen) atoms. The third-order valence-corrected chi connectivity index (χ3v) is 2.16. The van der Waals surface area contributed by atoms with Gasteiger partial charge in [-0.1, -0.05) is 0 Å². The summed E-state index contributed by atoms with van der Waals surface area (Å²) in [7, 11) is 0. The second-order valence-corrected chi connectivity index (χ2v) is 2.99. The van der Waals surface area contributed by atoms with Crippen LogP contribution < -0.4 is 0 Å². The van der Waals surface area contributed by atoms with E-state index in [1.165, 1.54) is 0 Å². The first kappa shape index (κ1) is 8.74. The summed E-state index contributed by atoms with van der Waals surface area (Å²) in [5.41, 5.74) is 1.01. The van der Waals surface area contributed by atoms with Gasteiger partial charge in [-0.2, -0.15) is 0 Å². The molecular formula is C10H10N2O2. The zero-order valence-corrected chi connectivity index (χ0v) is 7.75. The fraction of sp³-hybridized carbons (Fsp3) is 0.200. The predicted octanol–water partition coefficient (Wildman–Crippen LogP) is 1.73. The molecule has 0 fully saturated rings. The molecule has 2 heterocycles. The molecule has 0 aliphatic rings. The van der Waals surface area contributed by atoms with Crippen LogP contribution in [0.1, 0.15) is 13.2 Å². The molecule has 2 aromatic rings. The van der Waals surface area contributed by atoms with E-state index in [-0.39, 0.29) is 6.23 Å². The van der Waals surface area contributed by atoms with Crippen LogP contribution >= 0.6 is 0 Å². The molecule has 0 aliphatic carbocycles. The highest BCUT2D eigenvalue weighted by atomic mass is 16.5. The van der Waals surface area contributed by atoms with E-state index in [9.17, 15) is 4.79 Å². The van der Waals surface area contributed by atoms with E-state index in [2.05, 4.69) is 4.98 Å². The maximum absolute atomic E-state index is 10.2. The van der Waals surface area contributed by atoms with E-state index < -0.39 is 0 Å². The quantitative estimate of drug-likeness (QED) is 0.692. The van der Waals surface area contributed by atoms with Gasteiger partial charge in [0.05, 0.1) is 5.52 Å². The standard InChI is InChI=1S/C10H10N2O2/c1-8(14-7-13)12-5-3-9-6-11-4-2-10(9)12/h2-8H,1H3. The van der Waals surface area contributed by atoms with Crippen LogP contribution in [0.4, 0.5) is 0 Å². The SMILES string of the molecule is CC(OC=O)n1ccc2cnccc21. The summed E-state index contributed by atoms with van der Waals surface area (Å²) in [5, 5.41) is 1.04. The summed E-state index contributed by atoms with van der Waals surface area (Å²) in [6.45, 7) is 2.27. The highest BCUT2D eigenvalue weighted by Crippen LogP contribution is 2.18. The van der Waals surface area contributed by atoms with Gasteiger partial charge in [0.2, 0.25) is 0 Å². The molecule has 0 saturated carbocycles.